The first-order valence-corrected chi connectivity index (χ1v) is 7.52. The number of hydrogen-bond acceptors (Lipinski definition) is 4. The third kappa shape index (κ3) is 2.43. The highest BCUT2D eigenvalue weighted by Gasteiger charge is 2.13. The molecule has 2 aromatic heterocycles. The molecule has 0 spiro atoms. The Labute approximate surface area is 122 Å². The van der Waals surface area contributed by atoms with E-state index in [2.05, 4.69) is 39.0 Å². The van der Waals surface area contributed by atoms with Crippen LogP contribution in [-0.4, -0.2) is 4.98 Å². The van der Waals surface area contributed by atoms with Crippen molar-refractivity contribution in [2.24, 2.45) is 5.73 Å². The van der Waals surface area contributed by atoms with E-state index in [1.165, 1.54) is 2.88 Å². The van der Waals surface area contributed by atoms with Crippen LogP contribution in [0.15, 0.2) is 40.1 Å². The van der Waals surface area contributed by atoms with Crippen molar-refractivity contribution in [2.45, 2.75) is 12.5 Å². The lowest BCUT2D eigenvalue weighted by Gasteiger charge is -2.05. The maximum Gasteiger partial charge on any atom is 0.197 e. The predicted molar refractivity (Wildman–Crippen MR) is 81.7 cm³/mol. The molecule has 3 aromatic rings. The van der Waals surface area contributed by atoms with Gasteiger partial charge in [0.05, 0.1) is 2.88 Å². The number of hydrogen-bond donors (Lipinski definition) is 1. The van der Waals surface area contributed by atoms with Crippen molar-refractivity contribution >= 4 is 45.0 Å². The largest absolute Gasteiger partial charge is 0.441 e. The lowest BCUT2D eigenvalue weighted by molar-refractivity contribution is 0.502. The van der Waals surface area contributed by atoms with Crippen LogP contribution in [0, 0.1) is 2.88 Å². The number of halogens is 1. The van der Waals surface area contributed by atoms with Gasteiger partial charge in [0.15, 0.2) is 11.5 Å². The summed E-state index contributed by atoms with van der Waals surface area (Å²) in [6.07, 6.45) is 0.626. The van der Waals surface area contributed by atoms with E-state index in [-0.39, 0.29) is 6.04 Å². The van der Waals surface area contributed by atoms with Crippen LogP contribution in [0.2, 0.25) is 0 Å². The van der Waals surface area contributed by atoms with Crippen LogP contribution in [0.25, 0.3) is 11.1 Å². The van der Waals surface area contributed by atoms with Crippen molar-refractivity contribution in [1.82, 2.24) is 4.98 Å². The molecule has 0 saturated carbocycles. The number of fused-ring (bicyclic) bond motifs is 1. The van der Waals surface area contributed by atoms with Gasteiger partial charge in [0, 0.05) is 12.5 Å². The molecule has 2 N–H and O–H groups in total. The summed E-state index contributed by atoms with van der Waals surface area (Å²) < 4.78 is 6.92. The Hall–Kier alpha value is -0.920. The smallest absolute Gasteiger partial charge is 0.197 e. The van der Waals surface area contributed by atoms with E-state index < -0.39 is 0 Å². The van der Waals surface area contributed by atoms with Crippen LogP contribution in [-0.2, 0) is 6.42 Å². The van der Waals surface area contributed by atoms with Crippen LogP contribution in [0.4, 0.5) is 0 Å². The average molecular weight is 370 g/mol. The first-order chi connectivity index (χ1) is 8.72. The van der Waals surface area contributed by atoms with Crippen LogP contribution >= 0.6 is 33.9 Å². The second-order valence-electron chi connectivity index (χ2n) is 4.07. The van der Waals surface area contributed by atoms with Crippen molar-refractivity contribution < 1.29 is 4.42 Å². The fourth-order valence-corrected chi connectivity index (χ4v) is 3.27. The Kier molecular flexibility index (Phi) is 3.36. The number of rotatable bonds is 3. The summed E-state index contributed by atoms with van der Waals surface area (Å²) in [6.45, 7) is 0. The first kappa shape index (κ1) is 12.1. The molecule has 3 rings (SSSR count). The molecule has 0 saturated heterocycles. The molecule has 1 aromatic carbocycles. The Bertz CT molecular complexity index is 643. The van der Waals surface area contributed by atoms with Gasteiger partial charge in [0.1, 0.15) is 5.52 Å². The zero-order valence-corrected chi connectivity index (χ0v) is 12.4. The van der Waals surface area contributed by atoms with Gasteiger partial charge < -0.3 is 10.2 Å². The molecule has 0 aliphatic rings. The van der Waals surface area contributed by atoms with Gasteiger partial charge in [-0.3, -0.25) is 0 Å². The summed E-state index contributed by atoms with van der Waals surface area (Å²) in [7, 11) is 0. The summed E-state index contributed by atoms with van der Waals surface area (Å²) in [4.78, 5) is 4.44. The molecule has 0 fully saturated rings. The average Bonchev–Trinajstić information content (AvgIpc) is 2.94. The van der Waals surface area contributed by atoms with Crippen LogP contribution < -0.4 is 5.73 Å². The normalized spacial score (nSPS) is 13.0. The molecule has 0 bridgehead atoms. The number of thiophene rings is 1. The number of oxazole rings is 1. The Morgan fingerprint density at radius 2 is 2.22 bits per heavy atom. The van der Waals surface area contributed by atoms with Gasteiger partial charge in [-0.25, -0.2) is 4.98 Å². The van der Waals surface area contributed by atoms with Gasteiger partial charge in [0.2, 0.25) is 0 Å². The maximum absolute atomic E-state index is 6.17. The number of nitrogens with zero attached hydrogens (tertiary/aromatic N) is 1. The second kappa shape index (κ2) is 4.99. The zero-order chi connectivity index (χ0) is 12.5. The third-order valence-electron chi connectivity index (χ3n) is 2.75. The first-order valence-electron chi connectivity index (χ1n) is 5.56. The number of para-hydroxylation sites is 2. The fourth-order valence-electron chi connectivity index (χ4n) is 1.83. The Balaban J connectivity index is 1.83. The van der Waals surface area contributed by atoms with E-state index in [9.17, 15) is 0 Å². The number of benzene rings is 1. The third-order valence-corrected chi connectivity index (χ3v) is 4.56. The SMILES string of the molecule is NC(Cc1nc2ccccc2o1)c1csc(I)c1. The van der Waals surface area contributed by atoms with Crippen molar-refractivity contribution in [2.75, 3.05) is 0 Å². The molecular weight excluding hydrogens is 359 g/mol. The molecule has 3 nitrogen and oxygen atoms in total. The summed E-state index contributed by atoms with van der Waals surface area (Å²) in [5.41, 5.74) is 9.02. The standard InChI is InChI=1S/C13H11IN2OS/c14-12-5-8(7-18-12)9(15)6-13-16-10-3-1-2-4-11(10)17-13/h1-5,7,9H,6,15H2. The molecular formula is C13H11IN2OS. The molecule has 5 heteroatoms. The monoisotopic (exact) mass is 370 g/mol. The van der Waals surface area contributed by atoms with E-state index in [4.69, 9.17) is 10.2 Å². The molecule has 0 aliphatic heterocycles. The summed E-state index contributed by atoms with van der Waals surface area (Å²) in [5, 5.41) is 2.09. The van der Waals surface area contributed by atoms with Crippen molar-refractivity contribution in [3.63, 3.8) is 0 Å². The minimum atomic E-state index is -0.0576. The maximum atomic E-state index is 6.17. The Morgan fingerprint density at radius 1 is 1.39 bits per heavy atom. The minimum absolute atomic E-state index is 0.0576. The van der Waals surface area contributed by atoms with Gasteiger partial charge >= 0.3 is 0 Å². The van der Waals surface area contributed by atoms with E-state index in [1.54, 1.807) is 11.3 Å². The minimum Gasteiger partial charge on any atom is -0.441 e. The second-order valence-corrected chi connectivity index (χ2v) is 6.88. The highest BCUT2D eigenvalue weighted by molar-refractivity contribution is 14.1. The van der Waals surface area contributed by atoms with Gasteiger partial charge in [0.25, 0.3) is 0 Å². The molecule has 92 valence electrons. The molecule has 0 radical (unpaired) electrons. The van der Waals surface area contributed by atoms with E-state index in [0.29, 0.717) is 12.3 Å². The molecule has 18 heavy (non-hydrogen) atoms. The quantitative estimate of drug-likeness (QED) is 0.715. The lowest BCUT2D eigenvalue weighted by Crippen LogP contribution is -2.12. The highest BCUT2D eigenvalue weighted by atomic mass is 127. The van der Waals surface area contributed by atoms with E-state index in [1.807, 2.05) is 24.3 Å². The molecule has 0 amide bonds. The zero-order valence-electron chi connectivity index (χ0n) is 9.47. The van der Waals surface area contributed by atoms with Crippen LogP contribution in [0.1, 0.15) is 17.5 Å². The summed E-state index contributed by atoms with van der Waals surface area (Å²) in [5.74, 6) is 0.699. The van der Waals surface area contributed by atoms with Crippen molar-refractivity contribution in [3.8, 4) is 0 Å². The number of nitrogens with two attached hydrogens (primary N) is 1. The van der Waals surface area contributed by atoms with Crippen LogP contribution in [0.3, 0.4) is 0 Å². The van der Waals surface area contributed by atoms with E-state index in [0.717, 1.165) is 16.7 Å². The van der Waals surface area contributed by atoms with Crippen molar-refractivity contribution in [1.29, 1.82) is 0 Å². The summed E-state index contributed by atoms with van der Waals surface area (Å²) >= 11 is 4.00. The number of aromatic nitrogens is 1. The van der Waals surface area contributed by atoms with Crippen LogP contribution in [0.5, 0.6) is 0 Å². The molecule has 1 unspecified atom stereocenters. The Morgan fingerprint density at radius 3 is 2.94 bits per heavy atom. The van der Waals surface area contributed by atoms with E-state index >= 15 is 0 Å². The molecule has 0 aliphatic carbocycles. The topological polar surface area (TPSA) is 52.0 Å². The van der Waals surface area contributed by atoms with Gasteiger partial charge in [-0.1, -0.05) is 12.1 Å². The molecule has 2 heterocycles. The van der Waals surface area contributed by atoms with Crippen molar-refractivity contribution in [3.05, 3.63) is 50.0 Å². The summed E-state index contributed by atoms with van der Waals surface area (Å²) in [6, 6.07) is 9.82. The fraction of sp³-hybridized carbons (Fsp3) is 0.154. The highest BCUT2D eigenvalue weighted by Crippen LogP contribution is 2.24. The van der Waals surface area contributed by atoms with Gasteiger partial charge in [-0.05, 0) is 51.7 Å². The van der Waals surface area contributed by atoms with Gasteiger partial charge in [-0.15, -0.1) is 11.3 Å². The lowest BCUT2D eigenvalue weighted by atomic mass is 10.1. The molecule has 1 atom stereocenters. The van der Waals surface area contributed by atoms with Gasteiger partial charge in [-0.2, -0.15) is 0 Å². The predicted octanol–water partition coefficient (Wildman–Crippen LogP) is 3.74.